The lowest BCUT2D eigenvalue weighted by atomic mass is 9.76. The highest BCUT2D eigenvalue weighted by Gasteiger charge is 2.21. The van der Waals surface area contributed by atoms with Crippen LogP contribution in [0.4, 0.5) is 0 Å². The summed E-state index contributed by atoms with van der Waals surface area (Å²) in [6.07, 6.45) is 16.9. The molecule has 0 amide bonds. The van der Waals surface area contributed by atoms with E-state index < -0.39 is 0 Å². The van der Waals surface area contributed by atoms with Crippen molar-refractivity contribution in [2.45, 2.75) is 65.2 Å². The molecule has 0 aromatic heterocycles. The molecule has 0 aromatic carbocycles. The number of ether oxygens (including phenoxy) is 1. The number of rotatable bonds is 8. The molecule has 20 heavy (non-hydrogen) atoms. The molecule has 1 fully saturated rings. The minimum Gasteiger partial charge on any atom is -0.497 e. The normalized spacial score (nSPS) is 24.1. The Hall–Kier alpha value is -0.980. The van der Waals surface area contributed by atoms with Gasteiger partial charge in [0.15, 0.2) is 0 Å². The van der Waals surface area contributed by atoms with Crippen molar-refractivity contribution >= 4 is 0 Å². The summed E-state index contributed by atoms with van der Waals surface area (Å²) in [5.41, 5.74) is 1.40. The second-order valence-corrected chi connectivity index (χ2v) is 6.02. The van der Waals surface area contributed by atoms with Crippen LogP contribution in [0.3, 0.4) is 0 Å². The molecular formula is C19H32O. The van der Waals surface area contributed by atoms with Crippen molar-refractivity contribution in [2.24, 2.45) is 11.8 Å². The molecule has 0 heterocycles. The van der Waals surface area contributed by atoms with Gasteiger partial charge in [-0.3, -0.25) is 0 Å². The number of hydrogen-bond donors (Lipinski definition) is 0. The van der Waals surface area contributed by atoms with Crippen molar-refractivity contribution in [3.8, 4) is 0 Å². The Kier molecular flexibility index (Phi) is 8.41. The van der Waals surface area contributed by atoms with E-state index in [0.29, 0.717) is 0 Å². The third-order valence-corrected chi connectivity index (χ3v) is 4.57. The zero-order chi connectivity index (χ0) is 14.8. The Morgan fingerprint density at radius 2 is 1.95 bits per heavy atom. The summed E-state index contributed by atoms with van der Waals surface area (Å²) < 4.78 is 5.22. The number of methoxy groups -OCH3 is 1. The van der Waals surface area contributed by atoms with Gasteiger partial charge >= 0.3 is 0 Å². The minimum absolute atomic E-state index is 0.745. The highest BCUT2D eigenvalue weighted by atomic mass is 16.5. The highest BCUT2D eigenvalue weighted by Crippen LogP contribution is 2.36. The average molecular weight is 276 g/mol. The summed E-state index contributed by atoms with van der Waals surface area (Å²) in [5.74, 6) is 2.66. The van der Waals surface area contributed by atoms with Crippen LogP contribution >= 0.6 is 0 Å². The van der Waals surface area contributed by atoms with Gasteiger partial charge in [0.2, 0.25) is 0 Å². The van der Waals surface area contributed by atoms with Crippen LogP contribution in [0.5, 0.6) is 0 Å². The lowest BCUT2D eigenvalue weighted by molar-refractivity contribution is 0.281. The molecule has 0 spiro atoms. The van der Waals surface area contributed by atoms with Crippen molar-refractivity contribution in [1.29, 1.82) is 0 Å². The van der Waals surface area contributed by atoms with Crippen molar-refractivity contribution < 1.29 is 4.74 Å². The Balaban J connectivity index is 2.29. The zero-order valence-corrected chi connectivity index (χ0v) is 13.7. The molecular weight excluding hydrogens is 244 g/mol. The van der Waals surface area contributed by atoms with E-state index in [4.69, 9.17) is 4.74 Å². The molecule has 1 rings (SSSR count). The van der Waals surface area contributed by atoms with Crippen LogP contribution in [0.1, 0.15) is 65.2 Å². The molecule has 114 valence electrons. The molecule has 0 radical (unpaired) electrons. The maximum Gasteiger partial charge on any atom is 0.114 e. The smallest absolute Gasteiger partial charge is 0.114 e. The van der Waals surface area contributed by atoms with Gasteiger partial charge in [0.05, 0.1) is 7.11 Å². The quantitative estimate of drug-likeness (QED) is 0.298. The first-order valence-electron chi connectivity index (χ1n) is 8.25. The second kappa shape index (κ2) is 9.85. The minimum atomic E-state index is 0.745. The van der Waals surface area contributed by atoms with Gasteiger partial charge in [-0.2, -0.15) is 0 Å². The summed E-state index contributed by atoms with van der Waals surface area (Å²) in [6, 6.07) is 0. The summed E-state index contributed by atoms with van der Waals surface area (Å²) in [7, 11) is 1.71. The van der Waals surface area contributed by atoms with E-state index in [2.05, 4.69) is 25.7 Å². The third kappa shape index (κ3) is 5.98. The van der Waals surface area contributed by atoms with E-state index in [0.717, 1.165) is 24.0 Å². The Labute approximate surface area is 125 Å². The number of unbranched alkanes of at least 4 members (excludes halogenated alkanes) is 1. The largest absolute Gasteiger partial charge is 0.497 e. The maximum atomic E-state index is 5.22. The highest BCUT2D eigenvalue weighted by molar-refractivity contribution is 5.15. The van der Waals surface area contributed by atoms with Crippen molar-refractivity contribution in [3.05, 3.63) is 36.1 Å². The van der Waals surface area contributed by atoms with Crippen LogP contribution in [-0.4, -0.2) is 7.11 Å². The van der Waals surface area contributed by atoms with Gasteiger partial charge in [0, 0.05) is 0 Å². The summed E-state index contributed by atoms with van der Waals surface area (Å²) in [6.45, 7) is 8.59. The summed E-state index contributed by atoms with van der Waals surface area (Å²) >= 11 is 0. The van der Waals surface area contributed by atoms with Crippen LogP contribution < -0.4 is 0 Å². The standard InChI is InChI=1S/C19H32O/c1-5-7-10-17-12-14-18(15-13-17)16(3)9-8-11-19(6-2)20-4/h6,8,11,17-18H,3,5,7,9-10,12-15H2,1-2,4H3/b11-8-,19-6+. The van der Waals surface area contributed by atoms with Gasteiger partial charge in [-0.05, 0) is 63.0 Å². The first-order valence-corrected chi connectivity index (χ1v) is 8.25. The molecule has 1 nitrogen and oxygen atoms in total. The number of hydrogen-bond acceptors (Lipinski definition) is 1. The fourth-order valence-electron chi connectivity index (χ4n) is 3.13. The van der Waals surface area contributed by atoms with E-state index in [1.54, 1.807) is 7.11 Å². The fraction of sp³-hybridized carbons (Fsp3) is 0.684. The molecule has 0 N–H and O–H groups in total. The topological polar surface area (TPSA) is 9.23 Å². The molecule has 1 aliphatic rings. The maximum absolute atomic E-state index is 5.22. The van der Waals surface area contributed by atoms with Gasteiger partial charge in [0.1, 0.15) is 5.76 Å². The van der Waals surface area contributed by atoms with Gasteiger partial charge in [0.25, 0.3) is 0 Å². The van der Waals surface area contributed by atoms with E-state index >= 15 is 0 Å². The van der Waals surface area contributed by atoms with Crippen molar-refractivity contribution in [1.82, 2.24) is 0 Å². The van der Waals surface area contributed by atoms with Crippen LogP contribution in [0.25, 0.3) is 0 Å². The molecule has 0 aliphatic heterocycles. The predicted octanol–water partition coefficient (Wildman–Crippen LogP) is 6.04. The van der Waals surface area contributed by atoms with Crippen molar-refractivity contribution in [3.63, 3.8) is 0 Å². The van der Waals surface area contributed by atoms with Gasteiger partial charge in [-0.15, -0.1) is 0 Å². The van der Waals surface area contributed by atoms with Gasteiger partial charge < -0.3 is 4.74 Å². The Morgan fingerprint density at radius 3 is 2.50 bits per heavy atom. The van der Waals surface area contributed by atoms with Crippen LogP contribution in [0, 0.1) is 11.8 Å². The Bertz CT molecular complexity index is 330. The van der Waals surface area contributed by atoms with Crippen molar-refractivity contribution in [2.75, 3.05) is 7.11 Å². The predicted molar refractivity (Wildman–Crippen MR) is 88.6 cm³/mol. The summed E-state index contributed by atoms with van der Waals surface area (Å²) in [4.78, 5) is 0. The lowest BCUT2D eigenvalue weighted by Crippen LogP contribution is -2.15. The Morgan fingerprint density at radius 1 is 1.25 bits per heavy atom. The van der Waals surface area contributed by atoms with Gasteiger partial charge in [-0.25, -0.2) is 0 Å². The van der Waals surface area contributed by atoms with E-state index in [9.17, 15) is 0 Å². The van der Waals surface area contributed by atoms with E-state index in [-0.39, 0.29) is 0 Å². The number of allylic oxidation sites excluding steroid dienone is 4. The molecule has 0 saturated heterocycles. The molecule has 0 atom stereocenters. The monoisotopic (exact) mass is 276 g/mol. The average Bonchev–Trinajstić information content (AvgIpc) is 2.50. The molecule has 0 bridgehead atoms. The summed E-state index contributed by atoms with van der Waals surface area (Å²) in [5, 5.41) is 0. The zero-order valence-electron chi connectivity index (χ0n) is 13.7. The fourth-order valence-corrected chi connectivity index (χ4v) is 3.13. The van der Waals surface area contributed by atoms with E-state index in [1.807, 2.05) is 13.0 Å². The molecule has 1 heteroatoms. The third-order valence-electron chi connectivity index (χ3n) is 4.57. The first kappa shape index (κ1) is 17.1. The lowest BCUT2D eigenvalue weighted by Gasteiger charge is -2.29. The van der Waals surface area contributed by atoms with E-state index in [1.165, 1.54) is 50.5 Å². The van der Waals surface area contributed by atoms with Crippen LogP contribution in [-0.2, 0) is 4.74 Å². The molecule has 1 aliphatic carbocycles. The SMILES string of the molecule is C=C(C/C=C\C(=C/C)OC)C1CCC(CCCC)CC1. The second-order valence-electron chi connectivity index (χ2n) is 6.02. The van der Waals surface area contributed by atoms with Crippen LogP contribution in [0.15, 0.2) is 36.1 Å². The molecule has 0 unspecified atom stereocenters. The van der Waals surface area contributed by atoms with Gasteiger partial charge in [-0.1, -0.05) is 44.4 Å². The molecule has 1 saturated carbocycles. The molecule has 0 aromatic rings. The first-order chi connectivity index (χ1) is 9.71. The van der Waals surface area contributed by atoms with Crippen LogP contribution in [0.2, 0.25) is 0 Å².